The number of aromatic nitrogens is 12. The number of nitrogens with zero attached hydrogens (tertiary/aromatic N) is 12. The number of nitrogen functional groups attached to an aromatic ring is 1. The van der Waals surface area contributed by atoms with Gasteiger partial charge in [0.1, 0.15) is 25.4 Å². The topological polar surface area (TPSA) is 602 Å². The monoisotopic (exact) mass is 2660 g/mol. The highest BCUT2D eigenvalue weighted by Crippen LogP contribution is 2.43. The molecule has 820 valence electrons. The number of hydrogen-bond acceptors (Lipinski definition) is 31. The minimum Gasteiger partial charge on any atom is -0.477 e. The van der Waals surface area contributed by atoms with Crippen LogP contribution in [0, 0.1) is 29.6 Å². The molecule has 3 aromatic carbocycles. The summed E-state index contributed by atoms with van der Waals surface area (Å²) in [6.07, 6.45) is 26.8. The molecule has 57 heteroatoms. The van der Waals surface area contributed by atoms with Gasteiger partial charge >= 0.3 is 16.1 Å². The second-order valence-corrected chi connectivity index (χ2v) is 47.9. The zero-order valence-corrected chi connectivity index (χ0v) is 98.7. The van der Waals surface area contributed by atoms with Gasteiger partial charge in [-0.2, -0.15) is 39.0 Å². The zero-order chi connectivity index (χ0) is 104. The van der Waals surface area contributed by atoms with Gasteiger partial charge in [-0.15, -0.1) is 12.4 Å². The highest BCUT2D eigenvalue weighted by Gasteiger charge is 2.37. The van der Waals surface area contributed by atoms with Crippen LogP contribution in [-0.2, 0) is 145 Å². The summed E-state index contributed by atoms with van der Waals surface area (Å²) in [5.41, 5.74) is 18.9. The Bertz CT molecular complexity index is 6150. The molecule has 2 amide bonds. The lowest BCUT2D eigenvalue weighted by Crippen LogP contribution is -2.36. The number of nitrogens with two attached hydrogens (primary N) is 3. The van der Waals surface area contributed by atoms with Gasteiger partial charge in [-0.05, 0) is 181 Å². The minimum absolute atomic E-state index is 0. The Morgan fingerprint density at radius 3 is 1.38 bits per heavy atom. The van der Waals surface area contributed by atoms with Gasteiger partial charge in [-0.3, -0.25) is 4.79 Å². The molecule has 147 heavy (non-hydrogen) atoms. The molecule has 0 bridgehead atoms. The number of benzene rings is 3. The number of primary sulfonamides is 2. The Morgan fingerprint density at radius 2 is 0.959 bits per heavy atom. The van der Waals surface area contributed by atoms with E-state index in [2.05, 4.69) is 190 Å². The molecule has 6 aromatic heterocycles. The fraction of sp³-hybridized carbons (Fsp3) is 0.556. The summed E-state index contributed by atoms with van der Waals surface area (Å²) < 4.78 is 155. The lowest BCUT2D eigenvalue weighted by molar-refractivity contribution is -0.178. The molecule has 4 aliphatic carbocycles. The van der Waals surface area contributed by atoms with E-state index in [0.717, 1.165) is 156 Å². The molecule has 0 saturated carbocycles. The number of alkyl halides is 6. The third-order valence-corrected chi connectivity index (χ3v) is 34.0. The van der Waals surface area contributed by atoms with Crippen LogP contribution in [0.4, 0.5) is 16.2 Å². The number of carbonyl (C=O) groups is 2. The van der Waals surface area contributed by atoms with E-state index in [4.69, 9.17) is 98.0 Å². The molecule has 9 aromatic rings. The highest BCUT2D eigenvalue weighted by atomic mass is 79.9. The van der Waals surface area contributed by atoms with Crippen LogP contribution in [0.25, 0.3) is 0 Å². The molecule has 0 spiro atoms. The number of anilines is 2. The third-order valence-electron chi connectivity index (χ3n) is 23.2. The number of carbonyl (C=O) groups excluding carboxylic acids is 2. The van der Waals surface area contributed by atoms with E-state index in [1.54, 1.807) is 18.6 Å². The van der Waals surface area contributed by atoms with Gasteiger partial charge in [0.2, 0.25) is 55.3 Å². The average Bonchev–Trinajstić information content (AvgIpc) is 1.80. The first-order valence-corrected chi connectivity index (χ1v) is 61.1. The second kappa shape index (κ2) is 59.4. The third kappa shape index (κ3) is 35.9. The van der Waals surface area contributed by atoms with E-state index in [1.165, 1.54) is 134 Å². The number of urea groups is 1. The number of sulfonamides is 3. The Labute approximate surface area is 935 Å². The first kappa shape index (κ1) is 126. The number of nitrogens with one attached hydrogen (secondary N) is 3. The van der Waals surface area contributed by atoms with E-state index in [9.17, 15) is 53.5 Å². The molecule has 12 aliphatic rings. The van der Waals surface area contributed by atoms with Crippen molar-refractivity contribution in [3.8, 4) is 41.0 Å². The zero-order valence-electron chi connectivity index (χ0n) is 81.3. The Balaban J connectivity index is 0.000000204. The van der Waals surface area contributed by atoms with Gasteiger partial charge in [0.05, 0.1) is 136 Å². The van der Waals surface area contributed by atoms with E-state index in [0.29, 0.717) is 61.3 Å². The molecule has 21 rings (SSSR count). The molecule has 42 nitrogen and oxygen atoms in total. The van der Waals surface area contributed by atoms with Crippen LogP contribution >= 0.6 is 159 Å². The Hall–Kier alpha value is -6.24. The van der Waals surface area contributed by atoms with Crippen LogP contribution in [0.2, 0.25) is 15.1 Å². The van der Waals surface area contributed by atoms with E-state index in [-0.39, 0.29) is 144 Å². The minimum atomic E-state index is -4.21. The normalized spacial score (nSPS) is 19.3. The summed E-state index contributed by atoms with van der Waals surface area (Å²) in [4.78, 5) is 22.1. The van der Waals surface area contributed by atoms with Crippen molar-refractivity contribution in [2.24, 2.45) is 39.9 Å². The van der Waals surface area contributed by atoms with Crippen molar-refractivity contribution in [2.45, 2.75) is 220 Å². The van der Waals surface area contributed by atoms with Gasteiger partial charge in [-0.1, -0.05) is 177 Å². The number of hydrogen-bond donors (Lipinski definition) is 10. The number of ether oxygens (including phenoxy) is 8. The van der Waals surface area contributed by atoms with Crippen molar-refractivity contribution in [1.29, 1.82) is 0 Å². The number of halogens is 11. The van der Waals surface area contributed by atoms with E-state index < -0.39 is 58.4 Å². The fourth-order valence-electron chi connectivity index (χ4n) is 16.1. The van der Waals surface area contributed by atoms with Crippen molar-refractivity contribution in [3.63, 3.8) is 0 Å². The number of aryl methyl sites for hydroxylation is 4. The molecule has 8 aliphatic heterocycles. The molecular formula is C90H126Br7Cl4N19O23S4. The van der Waals surface area contributed by atoms with Crippen molar-refractivity contribution in [2.75, 3.05) is 95.8 Å². The van der Waals surface area contributed by atoms with Gasteiger partial charge in [0.25, 0.3) is 10.0 Å². The SMILES string of the molecule is BrCC(CBr)OC1CCCCO1.CC(CBr)CBr.CC1COc2c(Br)cnn2C1.CC1COc2c(S(=O)(=O)Oc3c(Cl)cc(Cl)cc3Cl)cnn2C1.CC1COc2c(S(N)(=O)=O)cnn2C1.CC1COc2ccnn2C1.Cl.N.NS(=O)(=O)c1cnn2c1OCC(O)C2.Nc1c2c(cc3c1CCC3)CCC2.O.O=C(Nc1c2c(cc3c1CCC3)CCC2)NS(=O)(=O)c1cnn2c1OCC(O)C2.O=C1C=CNC1.OC(CBr)CBr. The average molecular weight is 2670 g/mol. The predicted molar refractivity (Wildman–Crippen MR) is 584 cm³/mol. The molecule has 7 atom stereocenters. The second-order valence-electron chi connectivity index (χ2n) is 35.7. The predicted octanol–water partition coefficient (Wildman–Crippen LogP) is 13.1. The Kier molecular flexibility index (Phi) is 50.9. The Morgan fingerprint density at radius 1 is 0.544 bits per heavy atom. The number of fused-ring (bicyclic) bond motifs is 10. The lowest BCUT2D eigenvalue weighted by Gasteiger charge is -2.25. The van der Waals surface area contributed by atoms with Crippen LogP contribution in [-0.4, -0.2) is 240 Å². The smallest absolute Gasteiger partial charge is 0.346 e. The summed E-state index contributed by atoms with van der Waals surface area (Å²) in [7, 11) is -15.9. The summed E-state index contributed by atoms with van der Waals surface area (Å²) in [6.45, 7) is 17.9. The van der Waals surface area contributed by atoms with Gasteiger partial charge in [0, 0.05) is 90.9 Å². The summed E-state index contributed by atoms with van der Waals surface area (Å²) in [5, 5.41) is 72.2. The molecule has 14 heterocycles. The first-order chi connectivity index (χ1) is 68.5. The molecule has 7 unspecified atom stereocenters. The quantitative estimate of drug-likeness (QED) is 0.0244. The fourth-order valence-corrected chi connectivity index (χ4v) is 24.3. The number of aliphatic hydroxyl groups excluding tert-OH is 3. The number of amides is 2. The van der Waals surface area contributed by atoms with Crippen molar-refractivity contribution >= 4 is 222 Å². The molecule has 17 N–H and O–H groups in total. The molecule has 1 saturated heterocycles. The van der Waals surface area contributed by atoms with Crippen LogP contribution in [0.15, 0.2) is 104 Å². The summed E-state index contributed by atoms with van der Waals surface area (Å²) in [6, 6.07) is 8.44. The number of ketones is 1. The maximum absolute atomic E-state index is 12.7. The van der Waals surface area contributed by atoms with Gasteiger partial charge in [0.15, 0.2) is 37.4 Å². The van der Waals surface area contributed by atoms with Crippen molar-refractivity contribution in [3.05, 3.63) is 144 Å². The number of rotatable bonds is 16. The highest BCUT2D eigenvalue weighted by molar-refractivity contribution is 9.11. The maximum Gasteiger partial charge on any atom is 0.346 e. The number of aliphatic hydroxyl groups is 3. The summed E-state index contributed by atoms with van der Waals surface area (Å²) in [5.74, 6) is 4.74. The molecule has 1 fully saturated rings. The largest absolute Gasteiger partial charge is 0.477 e. The van der Waals surface area contributed by atoms with Crippen LogP contribution in [0.3, 0.4) is 0 Å². The summed E-state index contributed by atoms with van der Waals surface area (Å²) >= 11 is 40.7. The van der Waals surface area contributed by atoms with E-state index in [1.807, 2.05) is 29.3 Å². The van der Waals surface area contributed by atoms with Crippen LogP contribution in [0.5, 0.6) is 41.0 Å². The van der Waals surface area contributed by atoms with Crippen LogP contribution in [0.1, 0.15) is 124 Å². The maximum atomic E-state index is 12.7. The lowest BCUT2D eigenvalue weighted by atomic mass is 9.99. The molecule has 0 radical (unpaired) electrons. The van der Waals surface area contributed by atoms with Gasteiger partial charge < -0.3 is 85.4 Å². The van der Waals surface area contributed by atoms with Crippen molar-refractivity contribution < 1.29 is 106 Å². The first-order valence-electron chi connectivity index (χ1n) is 46.4. The van der Waals surface area contributed by atoms with Crippen LogP contribution < -0.4 is 70.1 Å². The van der Waals surface area contributed by atoms with Gasteiger partial charge in [-0.25, -0.2) is 73.1 Å². The standard InChI is InChI=1S/C19H22N4O5S.C13H11Cl3N2O4S.C12H15N.C8H14Br2O2.C7H9BrN2O.C7H11N3O3S.C7H10N2O.C6H9N3O4S.C4H8Br2.C4H5NO.C3H6Br2O.ClH.H3N.H2O/c24-13-9-23-18(28-10-13)16(8-20-23)29(26,27)22-19(25)21-17-14-5-1-3-11(14)7-12-4-2-6-15(12)17;1-7-5-18-13(21-6-7)11(4-17-18)23(19,20)22-12-9(15)2-8(14)3-10(12)16;13-12-10-5-1-3-8(10)7-9-4-2-6-11(9)12;9-5-7(6-10)12-8-3-1-2-4-11-8;1-5-3-10-7(11-4-5)6(8)2-9-10;1-5-3-10-7(13-4-5)6(2-9-10)14(8,11)12;1-6-4-9-7(10-5-6)2-3-8-9;7-14(11,12)5-1-8-9-2-4(10)3-13-6(5)9;1-4(2-5)3-6;6-4-1-2-5-3-4;4-1-3(6)2-5;;;/h7-8,13,24H,1-6,9-10H2,(H2,21,22,25);2-4,7H,5-6H2,1H3;7H,1-6,13H2;7-8H,1-6H2;2,5H,3-4H2,1H3;2,5H,3-4H2,1H3,(H2,8,11,12);2-3,6H,4-5H2,1H3;1,4,10H,2-3H2,(H2,7,11,12);4H,2-3H2,1H3;1-2,5H,3H2;3,6H,1-2H2;1H;1H3;1H2. The van der Waals surface area contributed by atoms with Crippen molar-refractivity contribution in [1.82, 2.24) is 74.9 Å². The van der Waals surface area contributed by atoms with E-state index >= 15 is 0 Å². The molecular weight excluding hydrogens is 2540 g/mol.